The standard InChI is InChI=1S/C26H38ClN3O5/c1-26(2)12-10-18(11-13-26)15-22(24(33)28-21(16-31)8-9-23(32)30(3)4)29-25(34)35-17-19-6-5-7-20(27)14-19/h5-7,14,16,18,21-22H,8-13,15,17H2,1-4H3,(H,28,33)(H,29,34)/t21-,22?/m0/s1. The Labute approximate surface area is 213 Å². The van der Waals surface area contributed by atoms with E-state index in [0.717, 1.165) is 31.2 Å². The van der Waals surface area contributed by atoms with Crippen molar-refractivity contribution in [3.63, 3.8) is 0 Å². The van der Waals surface area contributed by atoms with Gasteiger partial charge >= 0.3 is 6.09 Å². The number of hydrogen-bond donors (Lipinski definition) is 2. The van der Waals surface area contributed by atoms with E-state index in [-0.39, 0.29) is 36.7 Å². The van der Waals surface area contributed by atoms with Gasteiger partial charge in [-0.3, -0.25) is 9.59 Å². The second-order valence-electron chi connectivity index (χ2n) is 10.3. The third-order valence-electron chi connectivity index (χ3n) is 6.56. The van der Waals surface area contributed by atoms with E-state index >= 15 is 0 Å². The molecule has 1 aromatic rings. The maximum absolute atomic E-state index is 13.1. The quantitative estimate of drug-likeness (QED) is 0.439. The third-order valence-corrected chi connectivity index (χ3v) is 6.79. The molecule has 0 radical (unpaired) electrons. The molecule has 3 amide bonds. The molecule has 2 atom stereocenters. The molecule has 1 saturated carbocycles. The third kappa shape index (κ3) is 10.3. The number of ether oxygens (including phenoxy) is 1. The van der Waals surface area contributed by atoms with Crippen molar-refractivity contribution in [3.05, 3.63) is 34.9 Å². The molecule has 0 heterocycles. The van der Waals surface area contributed by atoms with Gasteiger partial charge in [-0.1, -0.05) is 37.6 Å². The highest BCUT2D eigenvalue weighted by atomic mass is 35.5. The summed E-state index contributed by atoms with van der Waals surface area (Å²) in [7, 11) is 3.27. The number of aldehydes is 1. The summed E-state index contributed by atoms with van der Waals surface area (Å²) in [4.78, 5) is 50.5. The van der Waals surface area contributed by atoms with E-state index in [2.05, 4.69) is 24.5 Å². The molecule has 194 valence electrons. The summed E-state index contributed by atoms with van der Waals surface area (Å²) >= 11 is 5.98. The number of hydrogen-bond acceptors (Lipinski definition) is 5. The number of carbonyl (C=O) groups excluding carboxylic acids is 4. The van der Waals surface area contributed by atoms with Gasteiger partial charge in [0.15, 0.2) is 0 Å². The fraction of sp³-hybridized carbons (Fsp3) is 0.615. The van der Waals surface area contributed by atoms with Gasteiger partial charge in [-0.15, -0.1) is 0 Å². The number of alkyl carbamates (subject to hydrolysis) is 1. The predicted octanol–water partition coefficient (Wildman–Crippen LogP) is 4.09. The van der Waals surface area contributed by atoms with Gasteiger partial charge in [-0.05, 0) is 67.6 Å². The minimum Gasteiger partial charge on any atom is -0.445 e. The fourth-order valence-corrected chi connectivity index (χ4v) is 4.39. The Morgan fingerprint density at radius 2 is 1.89 bits per heavy atom. The summed E-state index contributed by atoms with van der Waals surface area (Å²) in [5.74, 6) is -0.309. The van der Waals surface area contributed by atoms with E-state index in [1.807, 2.05) is 0 Å². The van der Waals surface area contributed by atoms with E-state index in [1.54, 1.807) is 38.4 Å². The molecule has 1 aromatic carbocycles. The SMILES string of the molecule is CN(C)C(=O)CC[C@@H](C=O)NC(=O)C(CC1CCC(C)(C)CC1)NC(=O)OCc1cccc(Cl)c1. The van der Waals surface area contributed by atoms with Crippen LogP contribution in [0.15, 0.2) is 24.3 Å². The van der Waals surface area contributed by atoms with Crippen LogP contribution in [0.3, 0.4) is 0 Å². The Morgan fingerprint density at radius 1 is 1.20 bits per heavy atom. The Kier molecular flexibility index (Phi) is 11.0. The molecule has 0 saturated heterocycles. The summed E-state index contributed by atoms with van der Waals surface area (Å²) in [5, 5.41) is 5.91. The van der Waals surface area contributed by atoms with Crippen molar-refractivity contribution in [1.82, 2.24) is 15.5 Å². The topological polar surface area (TPSA) is 105 Å². The van der Waals surface area contributed by atoms with Crippen molar-refractivity contribution in [1.29, 1.82) is 0 Å². The van der Waals surface area contributed by atoms with Crippen LogP contribution < -0.4 is 10.6 Å². The first kappa shape index (κ1) is 28.6. The molecule has 1 aliphatic carbocycles. The molecule has 0 spiro atoms. The predicted molar refractivity (Wildman–Crippen MR) is 135 cm³/mol. The Hall–Kier alpha value is -2.61. The molecule has 1 fully saturated rings. The Morgan fingerprint density at radius 3 is 2.49 bits per heavy atom. The number of carbonyl (C=O) groups is 4. The first-order chi connectivity index (χ1) is 16.5. The van der Waals surface area contributed by atoms with Gasteiger partial charge in [-0.25, -0.2) is 4.79 Å². The first-order valence-electron chi connectivity index (χ1n) is 12.1. The van der Waals surface area contributed by atoms with Gasteiger partial charge in [0.1, 0.15) is 18.9 Å². The minimum atomic E-state index is -0.847. The number of nitrogens with zero attached hydrogens (tertiary/aromatic N) is 1. The zero-order chi connectivity index (χ0) is 26.0. The maximum atomic E-state index is 13.1. The molecule has 9 heteroatoms. The van der Waals surface area contributed by atoms with Crippen LogP contribution in [0.5, 0.6) is 0 Å². The van der Waals surface area contributed by atoms with Crippen LogP contribution in [0.2, 0.25) is 5.02 Å². The number of nitrogens with one attached hydrogen (secondary N) is 2. The van der Waals surface area contributed by atoms with E-state index in [9.17, 15) is 19.2 Å². The lowest BCUT2D eigenvalue weighted by Crippen LogP contribution is -2.51. The molecule has 0 aromatic heterocycles. The number of amides is 3. The van der Waals surface area contributed by atoms with E-state index in [1.165, 1.54) is 4.90 Å². The number of rotatable bonds is 11. The smallest absolute Gasteiger partial charge is 0.408 e. The number of halogens is 1. The van der Waals surface area contributed by atoms with Crippen LogP contribution >= 0.6 is 11.6 Å². The van der Waals surface area contributed by atoms with Crippen LogP contribution in [-0.4, -0.2) is 55.3 Å². The summed E-state index contributed by atoms with van der Waals surface area (Å²) < 4.78 is 5.31. The molecule has 0 aliphatic heterocycles. The lowest BCUT2D eigenvalue weighted by atomic mass is 9.71. The zero-order valence-electron chi connectivity index (χ0n) is 21.1. The highest BCUT2D eigenvalue weighted by Gasteiger charge is 2.32. The molecule has 2 N–H and O–H groups in total. The molecular formula is C26H38ClN3O5. The van der Waals surface area contributed by atoms with E-state index in [4.69, 9.17) is 16.3 Å². The van der Waals surface area contributed by atoms with E-state index < -0.39 is 24.1 Å². The van der Waals surface area contributed by atoms with Gasteiger partial charge in [0.25, 0.3) is 0 Å². The van der Waals surface area contributed by atoms with Gasteiger partial charge in [0.05, 0.1) is 6.04 Å². The highest BCUT2D eigenvalue weighted by molar-refractivity contribution is 6.30. The Balaban J connectivity index is 2.01. The summed E-state index contributed by atoms with van der Waals surface area (Å²) in [6, 6.07) is 5.32. The molecule has 0 bridgehead atoms. The average molecular weight is 508 g/mol. The van der Waals surface area contributed by atoms with Crippen LogP contribution in [-0.2, 0) is 25.7 Å². The number of benzene rings is 1. The zero-order valence-corrected chi connectivity index (χ0v) is 21.9. The van der Waals surface area contributed by atoms with Crippen LogP contribution in [0.1, 0.15) is 64.4 Å². The summed E-state index contributed by atoms with van der Waals surface area (Å²) in [6.07, 6.45) is 4.71. The van der Waals surface area contributed by atoms with Gasteiger partial charge in [0, 0.05) is 25.5 Å². The van der Waals surface area contributed by atoms with Crippen molar-refractivity contribution in [2.24, 2.45) is 11.3 Å². The van der Waals surface area contributed by atoms with Gasteiger partial charge < -0.3 is 25.1 Å². The molecule has 35 heavy (non-hydrogen) atoms. The van der Waals surface area contributed by atoms with Crippen molar-refractivity contribution in [2.45, 2.75) is 77.5 Å². The van der Waals surface area contributed by atoms with Crippen molar-refractivity contribution in [2.75, 3.05) is 14.1 Å². The van der Waals surface area contributed by atoms with Crippen molar-refractivity contribution >= 4 is 35.8 Å². The normalized spacial score (nSPS) is 17.1. The molecule has 2 rings (SSSR count). The van der Waals surface area contributed by atoms with Crippen molar-refractivity contribution < 1.29 is 23.9 Å². The second kappa shape index (κ2) is 13.5. The lowest BCUT2D eigenvalue weighted by molar-refractivity contribution is -0.130. The highest BCUT2D eigenvalue weighted by Crippen LogP contribution is 2.39. The lowest BCUT2D eigenvalue weighted by Gasteiger charge is -2.35. The van der Waals surface area contributed by atoms with Gasteiger partial charge in [-0.2, -0.15) is 0 Å². The molecule has 1 unspecified atom stereocenters. The van der Waals surface area contributed by atoms with E-state index in [0.29, 0.717) is 17.7 Å². The molecule has 1 aliphatic rings. The minimum absolute atomic E-state index is 0.0158. The average Bonchev–Trinajstić information content (AvgIpc) is 2.80. The molecule has 8 nitrogen and oxygen atoms in total. The van der Waals surface area contributed by atoms with Crippen LogP contribution in [0, 0.1) is 11.3 Å². The second-order valence-corrected chi connectivity index (χ2v) is 10.8. The largest absolute Gasteiger partial charge is 0.445 e. The Bertz CT molecular complexity index is 879. The maximum Gasteiger partial charge on any atom is 0.408 e. The summed E-state index contributed by atoms with van der Waals surface area (Å²) in [6.45, 7) is 4.49. The van der Waals surface area contributed by atoms with Crippen molar-refractivity contribution in [3.8, 4) is 0 Å². The summed E-state index contributed by atoms with van der Waals surface area (Å²) in [5.41, 5.74) is 1.01. The van der Waals surface area contributed by atoms with Crippen LogP contribution in [0.4, 0.5) is 4.79 Å². The fourth-order valence-electron chi connectivity index (χ4n) is 4.18. The molecular weight excluding hydrogens is 470 g/mol. The first-order valence-corrected chi connectivity index (χ1v) is 12.5. The van der Waals surface area contributed by atoms with Gasteiger partial charge in [0.2, 0.25) is 11.8 Å². The monoisotopic (exact) mass is 507 g/mol. The van der Waals surface area contributed by atoms with Crippen LogP contribution in [0.25, 0.3) is 0 Å².